The Balaban J connectivity index is 1.33. The van der Waals surface area contributed by atoms with Crippen LogP contribution in [0.25, 0.3) is 10.9 Å². The van der Waals surface area contributed by atoms with Gasteiger partial charge in [-0.3, -0.25) is 4.79 Å². The third kappa shape index (κ3) is 4.80. The van der Waals surface area contributed by atoms with Crippen molar-refractivity contribution in [1.29, 1.82) is 0 Å². The van der Waals surface area contributed by atoms with Gasteiger partial charge in [-0.1, -0.05) is 78.9 Å². The summed E-state index contributed by atoms with van der Waals surface area (Å²) in [5.74, 6) is 0.620. The van der Waals surface area contributed by atoms with E-state index in [9.17, 15) is 4.79 Å². The van der Waals surface area contributed by atoms with Crippen LogP contribution in [0, 0.1) is 0 Å². The molecule has 0 atom stereocenters. The lowest BCUT2D eigenvalue weighted by atomic mass is 10.2. The van der Waals surface area contributed by atoms with E-state index in [1.807, 2.05) is 103 Å². The minimum absolute atomic E-state index is 0.139. The molecule has 0 fully saturated rings. The average molecular weight is 433 g/mol. The number of benzene rings is 4. The van der Waals surface area contributed by atoms with Crippen LogP contribution in [0.3, 0.4) is 0 Å². The first-order valence-electron chi connectivity index (χ1n) is 11.0. The van der Waals surface area contributed by atoms with E-state index in [0.29, 0.717) is 18.8 Å². The Morgan fingerprint density at radius 3 is 2.09 bits per heavy atom. The number of rotatable bonds is 7. The second-order valence-electron chi connectivity index (χ2n) is 7.91. The van der Waals surface area contributed by atoms with E-state index >= 15 is 0 Å². The van der Waals surface area contributed by atoms with Gasteiger partial charge in [0.1, 0.15) is 18.1 Å². The molecule has 0 aliphatic heterocycles. The predicted octanol–water partition coefficient (Wildman–Crippen LogP) is 6.52. The van der Waals surface area contributed by atoms with E-state index in [1.165, 1.54) is 0 Å². The molecule has 0 bridgehead atoms. The number of anilines is 1. The fraction of sp³-hybridized carbons (Fsp3) is 0.0690. The summed E-state index contributed by atoms with van der Waals surface area (Å²) in [6, 6.07) is 37.7. The number of nitrogens with zero attached hydrogens (tertiary/aromatic N) is 1. The van der Waals surface area contributed by atoms with Crippen molar-refractivity contribution in [2.45, 2.75) is 13.2 Å². The molecule has 0 aliphatic rings. The Kier molecular flexibility index (Phi) is 5.89. The Bertz CT molecular complexity index is 1360. The summed E-state index contributed by atoms with van der Waals surface area (Å²) >= 11 is 0. The van der Waals surface area contributed by atoms with E-state index in [2.05, 4.69) is 22.0 Å². The maximum atomic E-state index is 13.2. The highest BCUT2D eigenvalue weighted by Gasteiger charge is 2.16. The van der Waals surface area contributed by atoms with Crippen molar-refractivity contribution in [1.82, 2.24) is 4.57 Å². The predicted molar refractivity (Wildman–Crippen MR) is 133 cm³/mol. The summed E-state index contributed by atoms with van der Waals surface area (Å²) in [7, 11) is 0. The summed E-state index contributed by atoms with van der Waals surface area (Å²) in [5, 5.41) is 4.08. The largest absolute Gasteiger partial charge is 0.489 e. The highest BCUT2D eigenvalue weighted by atomic mass is 16.5. The Morgan fingerprint density at radius 2 is 1.36 bits per heavy atom. The zero-order valence-corrected chi connectivity index (χ0v) is 18.1. The number of aromatic nitrogens is 1. The van der Waals surface area contributed by atoms with Gasteiger partial charge in [0.25, 0.3) is 5.91 Å². The van der Waals surface area contributed by atoms with E-state index in [1.54, 1.807) is 0 Å². The van der Waals surface area contributed by atoms with Crippen LogP contribution in [0.5, 0.6) is 5.75 Å². The summed E-state index contributed by atoms with van der Waals surface area (Å²) in [6.07, 6.45) is 0. The number of carbonyl (C=O) groups is 1. The van der Waals surface area contributed by atoms with Gasteiger partial charge in [0, 0.05) is 23.1 Å². The maximum Gasteiger partial charge on any atom is 0.272 e. The molecule has 5 aromatic rings. The van der Waals surface area contributed by atoms with Crippen LogP contribution in [-0.4, -0.2) is 10.5 Å². The van der Waals surface area contributed by atoms with Crippen molar-refractivity contribution in [3.05, 3.63) is 132 Å². The van der Waals surface area contributed by atoms with Crippen molar-refractivity contribution in [3.8, 4) is 5.75 Å². The molecule has 1 heterocycles. The van der Waals surface area contributed by atoms with Gasteiger partial charge in [-0.05, 0) is 47.5 Å². The highest BCUT2D eigenvalue weighted by Crippen LogP contribution is 2.23. The molecule has 1 amide bonds. The number of ether oxygens (including phenoxy) is 1. The smallest absolute Gasteiger partial charge is 0.272 e. The van der Waals surface area contributed by atoms with E-state index in [4.69, 9.17) is 4.74 Å². The first kappa shape index (κ1) is 20.6. The van der Waals surface area contributed by atoms with Crippen molar-refractivity contribution in [2.75, 3.05) is 5.32 Å². The number of nitrogens with one attached hydrogen (secondary N) is 1. The molecule has 162 valence electrons. The standard InChI is InChI=1S/C29H24N2O2/c32-29(30-25-15-17-26(18-16-25)33-21-23-11-5-2-6-12-23)28-19-24-13-7-8-14-27(24)31(28)20-22-9-3-1-4-10-22/h1-19H,20-21H2,(H,30,32). The first-order chi connectivity index (χ1) is 16.3. The quantitative estimate of drug-likeness (QED) is 0.318. The molecule has 0 spiro atoms. The van der Waals surface area contributed by atoms with E-state index < -0.39 is 0 Å². The SMILES string of the molecule is O=C(Nc1ccc(OCc2ccccc2)cc1)c1cc2ccccc2n1Cc1ccccc1. The Hall–Kier alpha value is -4.31. The van der Waals surface area contributed by atoms with Crippen molar-refractivity contribution < 1.29 is 9.53 Å². The van der Waals surface area contributed by atoms with Gasteiger partial charge in [0.05, 0.1) is 0 Å². The zero-order chi connectivity index (χ0) is 22.5. The van der Waals surface area contributed by atoms with E-state index in [-0.39, 0.29) is 5.91 Å². The Labute approximate surface area is 193 Å². The molecule has 4 nitrogen and oxygen atoms in total. The number of para-hydroxylation sites is 1. The fourth-order valence-electron chi connectivity index (χ4n) is 3.91. The number of fused-ring (bicyclic) bond motifs is 1. The Morgan fingerprint density at radius 1 is 0.727 bits per heavy atom. The van der Waals surface area contributed by atoms with Gasteiger partial charge in [-0.25, -0.2) is 0 Å². The monoisotopic (exact) mass is 432 g/mol. The van der Waals surface area contributed by atoms with Crippen LogP contribution in [0.4, 0.5) is 5.69 Å². The summed E-state index contributed by atoms with van der Waals surface area (Å²) < 4.78 is 7.91. The van der Waals surface area contributed by atoms with Crippen molar-refractivity contribution in [2.24, 2.45) is 0 Å². The first-order valence-corrected chi connectivity index (χ1v) is 11.0. The van der Waals surface area contributed by atoms with Crippen LogP contribution < -0.4 is 10.1 Å². The summed E-state index contributed by atoms with van der Waals surface area (Å²) in [4.78, 5) is 13.2. The molecular formula is C29H24N2O2. The van der Waals surface area contributed by atoms with E-state index in [0.717, 1.165) is 33.5 Å². The van der Waals surface area contributed by atoms with Gasteiger partial charge in [0.2, 0.25) is 0 Å². The molecule has 4 heteroatoms. The average Bonchev–Trinajstić information content (AvgIpc) is 3.23. The van der Waals surface area contributed by atoms with Crippen molar-refractivity contribution >= 4 is 22.5 Å². The molecule has 5 rings (SSSR count). The number of amides is 1. The minimum atomic E-state index is -0.139. The minimum Gasteiger partial charge on any atom is -0.489 e. The molecule has 0 saturated heterocycles. The number of hydrogen-bond acceptors (Lipinski definition) is 2. The van der Waals surface area contributed by atoms with Gasteiger partial charge in [0.15, 0.2) is 0 Å². The summed E-state index contributed by atoms with van der Waals surface area (Å²) in [6.45, 7) is 1.13. The molecule has 33 heavy (non-hydrogen) atoms. The molecule has 0 unspecified atom stereocenters. The molecule has 4 aromatic carbocycles. The van der Waals surface area contributed by atoms with Crippen LogP contribution in [0.15, 0.2) is 115 Å². The molecular weight excluding hydrogens is 408 g/mol. The summed E-state index contributed by atoms with van der Waals surface area (Å²) in [5.41, 5.74) is 4.65. The second-order valence-corrected chi connectivity index (χ2v) is 7.91. The lowest BCUT2D eigenvalue weighted by molar-refractivity contribution is 0.101. The van der Waals surface area contributed by atoms with Crippen LogP contribution >= 0.6 is 0 Å². The third-order valence-corrected chi connectivity index (χ3v) is 5.59. The zero-order valence-electron chi connectivity index (χ0n) is 18.1. The van der Waals surface area contributed by atoms with Crippen LogP contribution in [0.2, 0.25) is 0 Å². The van der Waals surface area contributed by atoms with Gasteiger partial charge >= 0.3 is 0 Å². The second kappa shape index (κ2) is 9.45. The number of hydrogen-bond donors (Lipinski definition) is 1. The fourth-order valence-corrected chi connectivity index (χ4v) is 3.91. The maximum absolute atomic E-state index is 13.2. The lowest BCUT2D eigenvalue weighted by Crippen LogP contribution is -2.17. The van der Waals surface area contributed by atoms with Crippen LogP contribution in [-0.2, 0) is 13.2 Å². The normalized spacial score (nSPS) is 10.8. The highest BCUT2D eigenvalue weighted by molar-refractivity contribution is 6.06. The van der Waals surface area contributed by atoms with Crippen LogP contribution in [0.1, 0.15) is 21.6 Å². The molecule has 0 saturated carbocycles. The van der Waals surface area contributed by atoms with Gasteiger partial charge < -0.3 is 14.6 Å². The third-order valence-electron chi connectivity index (χ3n) is 5.59. The molecule has 1 N–H and O–H groups in total. The van der Waals surface area contributed by atoms with Crippen molar-refractivity contribution in [3.63, 3.8) is 0 Å². The van der Waals surface area contributed by atoms with Gasteiger partial charge in [-0.15, -0.1) is 0 Å². The van der Waals surface area contributed by atoms with Gasteiger partial charge in [-0.2, -0.15) is 0 Å². The molecule has 0 radical (unpaired) electrons. The molecule has 0 aliphatic carbocycles. The topological polar surface area (TPSA) is 43.3 Å². The lowest BCUT2D eigenvalue weighted by Gasteiger charge is -2.12. The molecule has 1 aromatic heterocycles. The number of carbonyl (C=O) groups excluding carboxylic acids is 1.